The van der Waals surface area contributed by atoms with E-state index in [2.05, 4.69) is 22.8 Å². The molecule has 126 valence electrons. The number of ether oxygens (including phenoxy) is 1. The summed E-state index contributed by atoms with van der Waals surface area (Å²) in [7, 11) is 0. The second kappa shape index (κ2) is 8.56. The van der Waals surface area contributed by atoms with Crippen LogP contribution in [0, 0.1) is 5.92 Å². The number of amides is 1. The second-order valence-corrected chi connectivity index (χ2v) is 6.05. The molecule has 0 saturated heterocycles. The van der Waals surface area contributed by atoms with Crippen LogP contribution in [0.2, 0.25) is 0 Å². The molecule has 0 spiro atoms. The van der Waals surface area contributed by atoms with Crippen LogP contribution in [0.25, 0.3) is 0 Å². The molecule has 1 saturated carbocycles. The van der Waals surface area contributed by atoms with Crippen molar-refractivity contribution < 1.29 is 9.53 Å². The van der Waals surface area contributed by atoms with Crippen LogP contribution in [0.15, 0.2) is 29.4 Å². The van der Waals surface area contributed by atoms with Crippen molar-refractivity contribution in [2.75, 3.05) is 11.9 Å². The fourth-order valence-corrected chi connectivity index (χ4v) is 2.69. The van der Waals surface area contributed by atoms with E-state index >= 15 is 0 Å². The summed E-state index contributed by atoms with van der Waals surface area (Å²) in [6, 6.07) is 7.24. The normalized spacial score (nSPS) is 20.8. The SMILES string of the molecule is CCOc1ccc(N[C@H](C)C(=O)N/N=C2\CCCC[C@@H]2C)cc1. The van der Waals surface area contributed by atoms with Gasteiger partial charge in [0.2, 0.25) is 0 Å². The largest absolute Gasteiger partial charge is 0.494 e. The molecule has 0 aliphatic heterocycles. The van der Waals surface area contributed by atoms with E-state index in [4.69, 9.17) is 4.74 Å². The second-order valence-electron chi connectivity index (χ2n) is 6.05. The van der Waals surface area contributed by atoms with Crippen LogP contribution in [0.5, 0.6) is 5.75 Å². The number of benzene rings is 1. The van der Waals surface area contributed by atoms with Crippen LogP contribution in [0.3, 0.4) is 0 Å². The van der Waals surface area contributed by atoms with Gasteiger partial charge in [-0.1, -0.05) is 13.3 Å². The maximum Gasteiger partial charge on any atom is 0.262 e. The predicted octanol–water partition coefficient (Wildman–Crippen LogP) is 3.57. The molecule has 1 fully saturated rings. The van der Waals surface area contributed by atoms with Crippen molar-refractivity contribution in [3.63, 3.8) is 0 Å². The summed E-state index contributed by atoms with van der Waals surface area (Å²) >= 11 is 0. The van der Waals surface area contributed by atoms with Crippen molar-refractivity contribution in [2.45, 2.75) is 52.5 Å². The van der Waals surface area contributed by atoms with Crippen LogP contribution in [-0.4, -0.2) is 24.3 Å². The van der Waals surface area contributed by atoms with Crippen molar-refractivity contribution in [3.8, 4) is 5.75 Å². The van der Waals surface area contributed by atoms with E-state index in [1.165, 1.54) is 12.8 Å². The Morgan fingerprint density at radius 1 is 1.35 bits per heavy atom. The minimum Gasteiger partial charge on any atom is -0.494 e. The van der Waals surface area contributed by atoms with Crippen LogP contribution in [-0.2, 0) is 4.79 Å². The number of nitrogens with one attached hydrogen (secondary N) is 2. The molecule has 5 nitrogen and oxygen atoms in total. The number of rotatable bonds is 6. The van der Waals surface area contributed by atoms with Gasteiger partial charge in [-0.05, 0) is 63.3 Å². The lowest BCUT2D eigenvalue weighted by molar-refractivity contribution is -0.121. The first-order chi connectivity index (χ1) is 11.1. The molecule has 2 N–H and O–H groups in total. The van der Waals surface area contributed by atoms with Gasteiger partial charge in [-0.15, -0.1) is 0 Å². The first-order valence-electron chi connectivity index (χ1n) is 8.46. The topological polar surface area (TPSA) is 62.7 Å². The molecule has 0 radical (unpaired) electrons. The number of hydrogen-bond donors (Lipinski definition) is 2. The van der Waals surface area contributed by atoms with Crippen LogP contribution < -0.4 is 15.5 Å². The zero-order valence-corrected chi connectivity index (χ0v) is 14.3. The molecule has 1 aromatic rings. The molecule has 2 atom stereocenters. The van der Waals surface area contributed by atoms with Crippen molar-refractivity contribution >= 4 is 17.3 Å². The van der Waals surface area contributed by atoms with Crippen molar-refractivity contribution in [1.29, 1.82) is 0 Å². The van der Waals surface area contributed by atoms with Gasteiger partial charge in [0.25, 0.3) is 5.91 Å². The molecule has 1 aliphatic rings. The van der Waals surface area contributed by atoms with E-state index < -0.39 is 0 Å². The van der Waals surface area contributed by atoms with Gasteiger partial charge in [0.1, 0.15) is 11.8 Å². The summed E-state index contributed by atoms with van der Waals surface area (Å²) < 4.78 is 5.40. The van der Waals surface area contributed by atoms with Crippen LogP contribution in [0.4, 0.5) is 5.69 Å². The minimum atomic E-state index is -0.351. The molecule has 0 bridgehead atoms. The number of hydrazone groups is 1. The van der Waals surface area contributed by atoms with Crippen molar-refractivity contribution in [1.82, 2.24) is 5.43 Å². The standard InChI is InChI=1S/C18H27N3O2/c1-4-23-16-11-9-15(10-12-16)19-14(3)18(22)21-20-17-8-6-5-7-13(17)2/h9-14,19H,4-8H2,1-3H3,(H,21,22)/b20-17+/t13-,14+/m0/s1. The van der Waals surface area contributed by atoms with E-state index in [1.807, 2.05) is 38.1 Å². The van der Waals surface area contributed by atoms with E-state index in [-0.39, 0.29) is 11.9 Å². The monoisotopic (exact) mass is 317 g/mol. The van der Waals surface area contributed by atoms with Gasteiger partial charge in [0.05, 0.1) is 6.61 Å². The number of carbonyl (C=O) groups excluding carboxylic acids is 1. The number of nitrogens with zero attached hydrogens (tertiary/aromatic N) is 1. The van der Waals surface area contributed by atoms with Crippen molar-refractivity contribution in [2.24, 2.45) is 11.0 Å². The highest BCUT2D eigenvalue weighted by atomic mass is 16.5. The first-order valence-corrected chi connectivity index (χ1v) is 8.46. The van der Waals surface area contributed by atoms with Crippen molar-refractivity contribution in [3.05, 3.63) is 24.3 Å². The Morgan fingerprint density at radius 3 is 2.74 bits per heavy atom. The molecule has 0 unspecified atom stereocenters. The predicted molar refractivity (Wildman–Crippen MR) is 93.9 cm³/mol. The average molecular weight is 317 g/mol. The maximum atomic E-state index is 12.2. The highest BCUT2D eigenvalue weighted by molar-refractivity contribution is 5.90. The molecule has 1 amide bonds. The lowest BCUT2D eigenvalue weighted by atomic mass is 9.89. The van der Waals surface area contributed by atoms with Gasteiger partial charge in [-0.2, -0.15) is 5.10 Å². The van der Waals surface area contributed by atoms with E-state index in [0.717, 1.165) is 30.0 Å². The van der Waals surface area contributed by atoms with E-state index in [1.54, 1.807) is 0 Å². The summed E-state index contributed by atoms with van der Waals surface area (Å²) in [6.45, 7) is 6.60. The fourth-order valence-electron chi connectivity index (χ4n) is 2.69. The third-order valence-corrected chi connectivity index (χ3v) is 4.14. The Labute approximate surface area is 138 Å². The summed E-state index contributed by atoms with van der Waals surface area (Å²) in [5.74, 6) is 1.18. The molecule has 23 heavy (non-hydrogen) atoms. The summed E-state index contributed by atoms with van der Waals surface area (Å²) in [5, 5.41) is 7.50. The molecule has 0 heterocycles. The van der Waals surface area contributed by atoms with Crippen LogP contribution in [0.1, 0.15) is 46.5 Å². The summed E-state index contributed by atoms with van der Waals surface area (Å²) in [6.07, 6.45) is 4.57. The van der Waals surface area contributed by atoms with Gasteiger partial charge in [0, 0.05) is 11.4 Å². The number of carbonyl (C=O) groups is 1. The Morgan fingerprint density at radius 2 is 2.09 bits per heavy atom. The lowest BCUT2D eigenvalue weighted by Gasteiger charge is -2.20. The van der Waals surface area contributed by atoms with Gasteiger partial charge in [-0.25, -0.2) is 5.43 Å². The fraction of sp³-hybridized carbons (Fsp3) is 0.556. The Kier molecular flexibility index (Phi) is 6.44. The summed E-state index contributed by atoms with van der Waals surface area (Å²) in [5.41, 5.74) is 4.69. The van der Waals surface area contributed by atoms with Gasteiger partial charge in [0.15, 0.2) is 0 Å². The molecule has 1 aromatic carbocycles. The molecule has 1 aliphatic carbocycles. The molecule has 2 rings (SSSR count). The zero-order valence-electron chi connectivity index (χ0n) is 14.3. The van der Waals surface area contributed by atoms with Crippen LogP contribution >= 0.6 is 0 Å². The van der Waals surface area contributed by atoms with E-state index in [0.29, 0.717) is 12.5 Å². The summed E-state index contributed by atoms with van der Waals surface area (Å²) in [4.78, 5) is 12.2. The first kappa shape index (κ1) is 17.3. The quantitative estimate of drug-likeness (QED) is 0.788. The molecule has 5 heteroatoms. The highest BCUT2D eigenvalue weighted by Crippen LogP contribution is 2.20. The molecular weight excluding hydrogens is 290 g/mol. The van der Waals surface area contributed by atoms with Gasteiger partial charge in [-0.3, -0.25) is 4.79 Å². The lowest BCUT2D eigenvalue weighted by Crippen LogP contribution is -2.36. The number of hydrogen-bond acceptors (Lipinski definition) is 4. The average Bonchev–Trinajstić information content (AvgIpc) is 2.56. The maximum absolute atomic E-state index is 12.2. The Balaban J connectivity index is 1.85. The zero-order chi connectivity index (χ0) is 16.7. The van der Waals surface area contributed by atoms with Gasteiger partial charge >= 0.3 is 0 Å². The minimum absolute atomic E-state index is 0.121. The molecule has 0 aromatic heterocycles. The Hall–Kier alpha value is -2.04. The highest BCUT2D eigenvalue weighted by Gasteiger charge is 2.17. The Bertz CT molecular complexity index is 540. The third kappa shape index (κ3) is 5.27. The number of anilines is 1. The van der Waals surface area contributed by atoms with E-state index in [9.17, 15) is 4.79 Å². The smallest absolute Gasteiger partial charge is 0.262 e. The molecular formula is C18H27N3O2. The third-order valence-electron chi connectivity index (χ3n) is 4.14. The van der Waals surface area contributed by atoms with Gasteiger partial charge < -0.3 is 10.1 Å².